The maximum atomic E-state index is 13.0. The second kappa shape index (κ2) is 6.58. The quantitative estimate of drug-likeness (QED) is 0.571. The van der Waals surface area contributed by atoms with Gasteiger partial charge in [-0.3, -0.25) is 0 Å². The van der Waals surface area contributed by atoms with Crippen LogP contribution >= 0.6 is 43.5 Å². The summed E-state index contributed by atoms with van der Waals surface area (Å²) in [6.07, 6.45) is -4.45. The van der Waals surface area contributed by atoms with Crippen molar-refractivity contribution in [1.29, 1.82) is 0 Å². The first-order chi connectivity index (χ1) is 9.79. The Labute approximate surface area is 141 Å². The molecule has 21 heavy (non-hydrogen) atoms. The van der Waals surface area contributed by atoms with Gasteiger partial charge in [0.1, 0.15) is 0 Å². The van der Waals surface area contributed by atoms with E-state index >= 15 is 0 Å². The topological polar surface area (TPSA) is 12.0 Å². The molecule has 1 nitrogen and oxygen atoms in total. The summed E-state index contributed by atoms with van der Waals surface area (Å²) in [5.74, 6) is 0. The third kappa shape index (κ3) is 4.14. The SMILES string of the molecule is FC(F)(F)c1cccc(Cl)c1NCc1ccc(Br)c(Br)c1. The van der Waals surface area contributed by atoms with Gasteiger partial charge in [-0.1, -0.05) is 23.7 Å². The van der Waals surface area contributed by atoms with E-state index in [9.17, 15) is 13.2 Å². The number of benzene rings is 2. The zero-order valence-corrected chi connectivity index (χ0v) is 14.4. The number of hydrogen-bond acceptors (Lipinski definition) is 1. The molecule has 0 bridgehead atoms. The molecule has 7 heteroatoms. The van der Waals surface area contributed by atoms with Crippen LogP contribution in [0.3, 0.4) is 0 Å². The highest BCUT2D eigenvalue weighted by Gasteiger charge is 2.34. The molecule has 1 N–H and O–H groups in total. The van der Waals surface area contributed by atoms with Crippen LogP contribution in [-0.4, -0.2) is 0 Å². The molecule has 0 fully saturated rings. The first kappa shape index (κ1) is 16.6. The fraction of sp³-hybridized carbons (Fsp3) is 0.143. The molecule has 0 aromatic heterocycles. The Hall–Kier alpha value is -0.720. The number of hydrogen-bond donors (Lipinski definition) is 1. The molecule has 112 valence electrons. The van der Waals surface area contributed by atoms with Gasteiger partial charge in [0, 0.05) is 15.5 Å². The van der Waals surface area contributed by atoms with Gasteiger partial charge in [0.05, 0.1) is 16.3 Å². The minimum atomic E-state index is -4.45. The van der Waals surface area contributed by atoms with Gasteiger partial charge in [0.25, 0.3) is 0 Å². The average Bonchev–Trinajstić information content (AvgIpc) is 2.40. The van der Waals surface area contributed by atoms with Gasteiger partial charge in [0.15, 0.2) is 0 Å². The molecule has 0 aliphatic rings. The second-order valence-electron chi connectivity index (χ2n) is 4.26. The van der Waals surface area contributed by atoms with Crippen molar-refractivity contribution in [2.24, 2.45) is 0 Å². The number of anilines is 1. The summed E-state index contributed by atoms with van der Waals surface area (Å²) in [5.41, 5.74) is -0.0463. The molecule has 0 radical (unpaired) electrons. The van der Waals surface area contributed by atoms with Gasteiger partial charge >= 0.3 is 6.18 Å². The summed E-state index contributed by atoms with van der Waals surface area (Å²) in [5, 5.41) is 2.81. The lowest BCUT2D eigenvalue weighted by molar-refractivity contribution is -0.136. The zero-order chi connectivity index (χ0) is 15.6. The number of nitrogens with one attached hydrogen (secondary N) is 1. The lowest BCUT2D eigenvalue weighted by atomic mass is 10.1. The van der Waals surface area contributed by atoms with E-state index in [0.29, 0.717) is 0 Å². The molecule has 2 aromatic carbocycles. The summed E-state index contributed by atoms with van der Waals surface area (Å²) >= 11 is 12.6. The summed E-state index contributed by atoms with van der Waals surface area (Å²) in [4.78, 5) is 0. The highest BCUT2D eigenvalue weighted by atomic mass is 79.9. The van der Waals surface area contributed by atoms with Crippen LogP contribution in [0.1, 0.15) is 11.1 Å². The molecule has 0 heterocycles. The van der Waals surface area contributed by atoms with Crippen LogP contribution in [0.5, 0.6) is 0 Å². The normalized spacial score (nSPS) is 11.5. The Balaban J connectivity index is 2.25. The van der Waals surface area contributed by atoms with E-state index in [1.807, 2.05) is 18.2 Å². The maximum absolute atomic E-state index is 13.0. The van der Waals surface area contributed by atoms with Gasteiger partial charge in [-0.25, -0.2) is 0 Å². The minimum Gasteiger partial charge on any atom is -0.379 e. The molecule has 0 aliphatic heterocycles. The van der Waals surface area contributed by atoms with Crippen molar-refractivity contribution in [2.75, 3.05) is 5.32 Å². The molecule has 2 rings (SSSR count). The Morgan fingerprint density at radius 2 is 1.76 bits per heavy atom. The first-order valence-corrected chi connectivity index (χ1v) is 7.79. The summed E-state index contributed by atoms with van der Waals surface area (Å²) in [7, 11) is 0. The van der Waals surface area contributed by atoms with Crippen molar-refractivity contribution in [1.82, 2.24) is 0 Å². The number of para-hydroxylation sites is 1. The molecular weight excluding hydrogens is 434 g/mol. The molecule has 0 aliphatic carbocycles. The van der Waals surface area contributed by atoms with Crippen molar-refractivity contribution in [3.8, 4) is 0 Å². The summed E-state index contributed by atoms with van der Waals surface area (Å²) < 4.78 is 40.6. The standard InChI is InChI=1S/C14H9Br2ClF3N/c15-10-5-4-8(6-11(10)16)7-21-13-9(14(18,19)20)2-1-3-12(13)17/h1-6,21H,7H2. The largest absolute Gasteiger partial charge is 0.418 e. The number of rotatable bonds is 3. The lowest BCUT2D eigenvalue weighted by Gasteiger charge is -2.16. The Morgan fingerprint density at radius 1 is 1.05 bits per heavy atom. The third-order valence-corrected chi connectivity index (χ3v) is 4.97. The predicted molar refractivity (Wildman–Crippen MR) is 85.6 cm³/mol. The van der Waals surface area contributed by atoms with Gasteiger partial charge in [-0.15, -0.1) is 0 Å². The van der Waals surface area contributed by atoms with E-state index in [1.165, 1.54) is 12.1 Å². The van der Waals surface area contributed by atoms with E-state index < -0.39 is 11.7 Å². The number of halogens is 6. The molecule has 0 saturated heterocycles. The molecule has 0 atom stereocenters. The van der Waals surface area contributed by atoms with E-state index in [2.05, 4.69) is 37.2 Å². The number of alkyl halides is 3. The minimum absolute atomic E-state index is 0.0426. The van der Waals surface area contributed by atoms with E-state index in [1.54, 1.807) is 0 Å². The van der Waals surface area contributed by atoms with Crippen LogP contribution in [0.2, 0.25) is 5.02 Å². The van der Waals surface area contributed by atoms with Crippen molar-refractivity contribution < 1.29 is 13.2 Å². The predicted octanol–water partition coefficient (Wildman–Crippen LogP) is 6.50. The highest BCUT2D eigenvalue weighted by Crippen LogP contribution is 2.38. The fourth-order valence-electron chi connectivity index (χ4n) is 1.78. The smallest absolute Gasteiger partial charge is 0.379 e. The van der Waals surface area contributed by atoms with E-state index in [-0.39, 0.29) is 17.3 Å². The van der Waals surface area contributed by atoms with Crippen LogP contribution in [0.25, 0.3) is 0 Å². The fourth-order valence-corrected chi connectivity index (χ4v) is 2.69. The van der Waals surface area contributed by atoms with Crippen LogP contribution in [-0.2, 0) is 12.7 Å². The van der Waals surface area contributed by atoms with Gasteiger partial charge in [-0.2, -0.15) is 13.2 Å². The lowest BCUT2D eigenvalue weighted by Crippen LogP contribution is -2.11. The zero-order valence-electron chi connectivity index (χ0n) is 10.4. The third-order valence-electron chi connectivity index (χ3n) is 2.77. The molecule has 2 aromatic rings. The maximum Gasteiger partial charge on any atom is 0.418 e. The molecule has 0 unspecified atom stereocenters. The highest BCUT2D eigenvalue weighted by molar-refractivity contribution is 9.13. The first-order valence-electron chi connectivity index (χ1n) is 5.82. The van der Waals surface area contributed by atoms with Crippen molar-refractivity contribution in [3.05, 3.63) is 61.5 Å². The van der Waals surface area contributed by atoms with Gasteiger partial charge in [0.2, 0.25) is 0 Å². The van der Waals surface area contributed by atoms with Gasteiger partial charge in [-0.05, 0) is 61.7 Å². The van der Waals surface area contributed by atoms with Crippen molar-refractivity contribution >= 4 is 49.1 Å². The van der Waals surface area contributed by atoms with Crippen LogP contribution in [0.4, 0.5) is 18.9 Å². The Bertz CT molecular complexity index is 659. The Morgan fingerprint density at radius 3 is 2.38 bits per heavy atom. The monoisotopic (exact) mass is 441 g/mol. The molecule has 0 saturated carbocycles. The van der Waals surface area contributed by atoms with Crippen molar-refractivity contribution in [3.63, 3.8) is 0 Å². The second-order valence-corrected chi connectivity index (χ2v) is 6.38. The van der Waals surface area contributed by atoms with Crippen LogP contribution in [0.15, 0.2) is 45.3 Å². The van der Waals surface area contributed by atoms with E-state index in [0.717, 1.165) is 20.6 Å². The van der Waals surface area contributed by atoms with Gasteiger partial charge < -0.3 is 5.32 Å². The van der Waals surface area contributed by atoms with Crippen LogP contribution in [0, 0.1) is 0 Å². The van der Waals surface area contributed by atoms with Crippen LogP contribution < -0.4 is 5.32 Å². The Kier molecular flexibility index (Phi) is 5.22. The summed E-state index contributed by atoms with van der Waals surface area (Å²) in [6.45, 7) is 0.235. The molecule has 0 amide bonds. The molecule has 0 spiro atoms. The molecular formula is C14H9Br2ClF3N. The summed E-state index contributed by atoms with van der Waals surface area (Å²) in [6, 6.07) is 9.17. The average molecular weight is 443 g/mol. The van der Waals surface area contributed by atoms with E-state index in [4.69, 9.17) is 11.6 Å². The van der Waals surface area contributed by atoms with Crippen molar-refractivity contribution in [2.45, 2.75) is 12.7 Å².